The lowest BCUT2D eigenvalue weighted by atomic mass is 10.1. The number of rotatable bonds is 2. The van der Waals surface area contributed by atoms with Gasteiger partial charge >= 0.3 is 0 Å². The van der Waals surface area contributed by atoms with Crippen LogP contribution in [0.2, 0.25) is 0 Å². The molecule has 0 bridgehead atoms. The molecule has 0 aromatic carbocycles. The predicted octanol–water partition coefficient (Wildman–Crippen LogP) is 2.19. The van der Waals surface area contributed by atoms with Crippen LogP contribution in [0.15, 0.2) is 0 Å². The molecule has 0 aliphatic heterocycles. The van der Waals surface area contributed by atoms with Gasteiger partial charge in [0, 0.05) is 13.4 Å². The maximum Gasteiger partial charge on any atom is 0.220 e. The zero-order valence-corrected chi connectivity index (χ0v) is 8.19. The molecule has 0 heterocycles. The Balaban J connectivity index is 0. The highest BCUT2D eigenvalue weighted by atomic mass is 16.1. The zero-order valence-electron chi connectivity index (χ0n) is 8.19. The van der Waals surface area contributed by atoms with Crippen molar-refractivity contribution in [2.75, 3.05) is 0 Å². The minimum atomic E-state index is -0.0913. The van der Waals surface area contributed by atoms with Crippen molar-refractivity contribution in [3.63, 3.8) is 0 Å². The molecule has 0 aromatic heterocycles. The predicted molar refractivity (Wildman–Crippen MR) is 49.5 cm³/mol. The molecule has 0 aliphatic rings. The molecule has 2 nitrogen and oxygen atoms in total. The van der Waals surface area contributed by atoms with Crippen LogP contribution in [-0.4, -0.2) is 11.4 Å². The first-order valence-electron chi connectivity index (χ1n) is 4.12. The second-order valence-corrected chi connectivity index (χ2v) is 4.40. The summed E-state index contributed by atoms with van der Waals surface area (Å²) < 4.78 is 0. The molecule has 1 amide bonds. The van der Waals surface area contributed by atoms with E-state index in [0.717, 1.165) is 0 Å². The lowest BCUT2D eigenvalue weighted by Crippen LogP contribution is -2.40. The maximum atomic E-state index is 11.2. The van der Waals surface area contributed by atoms with Crippen LogP contribution in [0, 0.1) is 5.92 Å². The van der Waals surface area contributed by atoms with Crippen LogP contribution in [0.1, 0.15) is 42.5 Å². The van der Waals surface area contributed by atoms with Gasteiger partial charge in [0.05, 0.1) is 0 Å². The van der Waals surface area contributed by atoms with E-state index in [1.165, 1.54) is 0 Å². The van der Waals surface area contributed by atoms with Crippen molar-refractivity contribution >= 4 is 5.91 Å². The van der Waals surface area contributed by atoms with Gasteiger partial charge < -0.3 is 5.32 Å². The van der Waals surface area contributed by atoms with E-state index < -0.39 is 0 Å². The van der Waals surface area contributed by atoms with Crippen LogP contribution in [0.25, 0.3) is 0 Å². The van der Waals surface area contributed by atoms with E-state index in [4.69, 9.17) is 0 Å². The van der Waals surface area contributed by atoms with Crippen LogP contribution >= 0.6 is 0 Å². The number of carbonyl (C=O) groups excluding carboxylic acids is 1. The van der Waals surface area contributed by atoms with Gasteiger partial charge in [-0.1, -0.05) is 13.8 Å². The Bertz CT molecular complexity index is 138. The fraction of sp³-hybridized carbons (Fsp3) is 0.889. The molecule has 2 heteroatoms. The summed E-state index contributed by atoms with van der Waals surface area (Å²) in [5.41, 5.74) is -0.0913. The molecule has 0 radical (unpaired) electrons. The highest BCUT2D eigenvalue weighted by Gasteiger charge is 2.13. The Morgan fingerprint density at radius 2 is 1.91 bits per heavy atom. The minimum absolute atomic E-state index is 0. The largest absolute Gasteiger partial charge is 0.352 e. The van der Waals surface area contributed by atoms with E-state index >= 15 is 0 Å². The molecule has 68 valence electrons. The van der Waals surface area contributed by atoms with Crippen molar-refractivity contribution in [1.82, 2.24) is 5.32 Å². The summed E-state index contributed by atoms with van der Waals surface area (Å²) in [5.74, 6) is 0.588. The third-order valence-electron chi connectivity index (χ3n) is 1.11. The van der Waals surface area contributed by atoms with Crippen LogP contribution in [0.3, 0.4) is 0 Å². The van der Waals surface area contributed by atoms with Gasteiger partial charge in [0.2, 0.25) is 5.91 Å². The molecule has 0 atom stereocenters. The van der Waals surface area contributed by atoms with Crippen molar-refractivity contribution < 1.29 is 6.22 Å². The normalized spacial score (nSPS) is 11.8. The van der Waals surface area contributed by atoms with Crippen LogP contribution in [0.5, 0.6) is 0 Å². The Morgan fingerprint density at radius 3 is 2.18 bits per heavy atom. The highest BCUT2D eigenvalue weighted by Crippen LogP contribution is 2.03. The summed E-state index contributed by atoms with van der Waals surface area (Å²) in [6.45, 7) is 10.1. The second-order valence-electron chi connectivity index (χ2n) is 4.40. The number of hydrogen-bond acceptors (Lipinski definition) is 1. The Hall–Kier alpha value is -0.530. The van der Waals surface area contributed by atoms with E-state index in [0.29, 0.717) is 12.3 Å². The van der Waals surface area contributed by atoms with Crippen molar-refractivity contribution in [3.8, 4) is 0 Å². The average Bonchev–Trinajstić information content (AvgIpc) is 1.53. The third-order valence-corrected chi connectivity index (χ3v) is 1.11. The Morgan fingerprint density at radius 1 is 1.45 bits per heavy atom. The van der Waals surface area contributed by atoms with Gasteiger partial charge in [0.1, 0.15) is 0 Å². The first-order valence-corrected chi connectivity index (χ1v) is 4.12. The lowest BCUT2D eigenvalue weighted by Gasteiger charge is -2.21. The monoisotopic (exact) mass is 159 g/mol. The van der Waals surface area contributed by atoms with Crippen molar-refractivity contribution in [2.45, 2.75) is 46.6 Å². The van der Waals surface area contributed by atoms with E-state index in [1.54, 1.807) is 0 Å². The maximum absolute atomic E-state index is 11.2. The molecule has 0 spiro atoms. The first kappa shape index (κ1) is 10.5. The van der Waals surface area contributed by atoms with E-state index in [-0.39, 0.29) is 12.9 Å². The molecular formula is C9H21NO. The molecule has 1 N–H and O–H groups in total. The summed E-state index contributed by atoms with van der Waals surface area (Å²) >= 11 is 0. The molecule has 0 unspecified atom stereocenters. The average molecular weight is 159 g/mol. The number of nitrogens with one attached hydrogen (secondary N) is 1. The molecular weight excluding hydrogens is 138 g/mol. The summed E-state index contributed by atoms with van der Waals surface area (Å²) in [4.78, 5) is 11.2. The van der Waals surface area contributed by atoms with Gasteiger partial charge in [-0.25, -0.2) is 0 Å². The highest BCUT2D eigenvalue weighted by molar-refractivity contribution is 5.76. The van der Waals surface area contributed by atoms with Crippen molar-refractivity contribution in [1.29, 1.82) is 0 Å². The van der Waals surface area contributed by atoms with E-state index in [2.05, 4.69) is 5.32 Å². The lowest BCUT2D eigenvalue weighted by molar-refractivity contribution is -0.123. The zero-order chi connectivity index (χ0) is 9.07. The van der Waals surface area contributed by atoms with Gasteiger partial charge in [-0.15, -0.1) is 0 Å². The summed E-state index contributed by atoms with van der Waals surface area (Å²) in [6, 6.07) is 0. The molecule has 0 saturated carbocycles. The first-order chi connectivity index (χ1) is 4.81. The van der Waals surface area contributed by atoms with Crippen LogP contribution < -0.4 is 5.32 Å². The molecule has 0 rings (SSSR count). The van der Waals surface area contributed by atoms with Gasteiger partial charge in [-0.2, -0.15) is 0 Å². The van der Waals surface area contributed by atoms with Gasteiger partial charge in [0.15, 0.2) is 0 Å². The van der Waals surface area contributed by atoms with E-state index in [9.17, 15) is 4.79 Å². The van der Waals surface area contributed by atoms with Crippen molar-refractivity contribution in [3.05, 3.63) is 0 Å². The summed E-state index contributed by atoms with van der Waals surface area (Å²) in [6.07, 6.45) is 0.622. The quantitative estimate of drug-likeness (QED) is 0.657. The van der Waals surface area contributed by atoms with Crippen LogP contribution in [-0.2, 0) is 4.79 Å². The number of amides is 1. The molecule has 0 aliphatic carbocycles. The third kappa shape index (κ3) is 7.37. The molecule has 0 saturated heterocycles. The smallest absolute Gasteiger partial charge is 0.220 e. The molecule has 0 fully saturated rings. The van der Waals surface area contributed by atoms with Crippen LogP contribution in [0.4, 0.5) is 0 Å². The fourth-order valence-corrected chi connectivity index (χ4v) is 0.840. The van der Waals surface area contributed by atoms with E-state index in [1.807, 2.05) is 34.6 Å². The Labute approximate surface area is 70.9 Å². The SMILES string of the molecule is CC(C)CC(=O)NC(C)(C)C.[HH]. The minimum Gasteiger partial charge on any atom is -0.352 e. The molecule has 11 heavy (non-hydrogen) atoms. The van der Waals surface area contributed by atoms with Gasteiger partial charge in [0.25, 0.3) is 0 Å². The van der Waals surface area contributed by atoms with Crippen molar-refractivity contribution in [2.24, 2.45) is 5.92 Å². The van der Waals surface area contributed by atoms with Gasteiger partial charge in [-0.05, 0) is 26.7 Å². The molecule has 0 aromatic rings. The number of carbonyl (C=O) groups is 1. The topological polar surface area (TPSA) is 29.1 Å². The Kier molecular flexibility index (Phi) is 3.56. The standard InChI is InChI=1S/C9H19NO.H2/c1-7(2)6-8(11)10-9(3,4)5;/h7H,6H2,1-5H3,(H,10,11);1H. The number of hydrogen-bond donors (Lipinski definition) is 1. The fourth-order valence-electron chi connectivity index (χ4n) is 0.840. The summed E-state index contributed by atoms with van der Waals surface area (Å²) in [5, 5.41) is 2.91. The second kappa shape index (κ2) is 3.74. The van der Waals surface area contributed by atoms with Gasteiger partial charge in [-0.3, -0.25) is 4.79 Å². The summed E-state index contributed by atoms with van der Waals surface area (Å²) in [7, 11) is 0.